The minimum Gasteiger partial charge on any atom is -0.496 e. The number of carbonyl (C=O) groups excluding carboxylic acids is 1. The Morgan fingerprint density at radius 2 is 1.48 bits per heavy atom. The maximum Gasteiger partial charge on any atom is 0.261 e. The third kappa shape index (κ3) is 4.19. The number of aromatic nitrogens is 1. The first-order chi connectivity index (χ1) is 13.9. The van der Waals surface area contributed by atoms with Gasteiger partial charge >= 0.3 is 0 Å². The molecule has 0 saturated heterocycles. The summed E-state index contributed by atoms with van der Waals surface area (Å²) in [6.45, 7) is 6.24. The Balaban J connectivity index is 1.89. The number of carbonyl (C=O) groups is 1. The molecule has 1 N–H and O–H groups in total. The lowest BCUT2D eigenvalue weighted by Gasteiger charge is -2.13. The summed E-state index contributed by atoms with van der Waals surface area (Å²) in [5, 5.41) is 5.31. The molecule has 1 aromatic heterocycles. The summed E-state index contributed by atoms with van der Waals surface area (Å²) in [6, 6.07) is 7.49. The lowest BCUT2D eigenvalue weighted by atomic mass is 9.99. The van der Waals surface area contributed by atoms with Crippen molar-refractivity contribution in [2.24, 2.45) is 0 Å². The molecule has 0 aliphatic rings. The number of methoxy groups -OCH3 is 3. The number of aryl methyl sites for hydroxylation is 3. The molecule has 0 aliphatic heterocycles. The minimum atomic E-state index is -0.333. The molecule has 0 saturated carbocycles. The molecule has 0 bridgehead atoms. The molecule has 29 heavy (non-hydrogen) atoms. The van der Waals surface area contributed by atoms with Crippen molar-refractivity contribution in [1.29, 1.82) is 0 Å². The van der Waals surface area contributed by atoms with E-state index < -0.39 is 0 Å². The van der Waals surface area contributed by atoms with Crippen molar-refractivity contribution in [2.75, 3.05) is 26.6 Å². The molecule has 0 fully saturated rings. The van der Waals surface area contributed by atoms with E-state index in [9.17, 15) is 4.79 Å². The first-order valence-electron chi connectivity index (χ1n) is 9.03. The Hall–Kier alpha value is -3.06. The minimum absolute atomic E-state index is 0.333. The average molecular weight is 413 g/mol. The summed E-state index contributed by atoms with van der Waals surface area (Å²) in [4.78, 5) is 17.5. The van der Waals surface area contributed by atoms with E-state index in [1.54, 1.807) is 12.1 Å². The first kappa shape index (κ1) is 20.7. The van der Waals surface area contributed by atoms with Crippen molar-refractivity contribution in [2.45, 2.75) is 20.8 Å². The summed E-state index contributed by atoms with van der Waals surface area (Å²) >= 11 is 1.38. The molecule has 0 spiro atoms. The van der Waals surface area contributed by atoms with Crippen molar-refractivity contribution in [1.82, 2.24) is 4.98 Å². The van der Waals surface area contributed by atoms with Crippen LogP contribution in [0.25, 0.3) is 11.3 Å². The standard InChI is InChI=1S/C22H24N2O4S/c1-12-7-14(3)15(8-13(12)2)17-11-29-22(23-17)24-21(25)16-9-19(27-5)20(28-6)10-18(16)26-4/h7-11H,1-6H3,(H,23,24,25). The zero-order chi connectivity index (χ0) is 21.1. The number of rotatable bonds is 6. The maximum atomic E-state index is 12.9. The monoisotopic (exact) mass is 412 g/mol. The Kier molecular flexibility index (Phi) is 6.08. The van der Waals surface area contributed by atoms with E-state index in [1.807, 2.05) is 5.38 Å². The lowest BCUT2D eigenvalue weighted by molar-refractivity contribution is 0.102. The van der Waals surface area contributed by atoms with E-state index in [0.29, 0.717) is 27.9 Å². The first-order valence-corrected chi connectivity index (χ1v) is 9.91. The molecule has 0 aliphatic carbocycles. The molecule has 7 heteroatoms. The van der Waals surface area contributed by atoms with Gasteiger partial charge in [-0.15, -0.1) is 11.3 Å². The van der Waals surface area contributed by atoms with Gasteiger partial charge in [0, 0.05) is 23.1 Å². The molecule has 3 rings (SSSR count). The van der Waals surface area contributed by atoms with Gasteiger partial charge in [-0.1, -0.05) is 6.07 Å². The van der Waals surface area contributed by atoms with Gasteiger partial charge in [-0.25, -0.2) is 4.98 Å². The highest BCUT2D eigenvalue weighted by Gasteiger charge is 2.19. The zero-order valence-corrected chi connectivity index (χ0v) is 18.2. The van der Waals surface area contributed by atoms with Crippen LogP contribution in [0.5, 0.6) is 17.2 Å². The van der Waals surface area contributed by atoms with Crippen LogP contribution in [0.3, 0.4) is 0 Å². The second-order valence-electron chi connectivity index (χ2n) is 6.65. The van der Waals surface area contributed by atoms with E-state index in [0.717, 1.165) is 16.8 Å². The van der Waals surface area contributed by atoms with Crippen molar-refractivity contribution < 1.29 is 19.0 Å². The van der Waals surface area contributed by atoms with E-state index in [-0.39, 0.29) is 5.91 Å². The summed E-state index contributed by atoms with van der Waals surface area (Å²) < 4.78 is 15.9. The highest BCUT2D eigenvalue weighted by molar-refractivity contribution is 7.14. The van der Waals surface area contributed by atoms with Gasteiger partial charge in [-0.2, -0.15) is 0 Å². The van der Waals surface area contributed by atoms with Crippen LogP contribution in [-0.2, 0) is 0 Å². The Bertz CT molecular complexity index is 1060. The highest BCUT2D eigenvalue weighted by Crippen LogP contribution is 2.35. The van der Waals surface area contributed by atoms with Crippen molar-refractivity contribution >= 4 is 22.4 Å². The Labute approximate surface area is 174 Å². The van der Waals surface area contributed by atoms with E-state index in [2.05, 4.69) is 43.2 Å². The van der Waals surface area contributed by atoms with Gasteiger partial charge in [0.2, 0.25) is 0 Å². The lowest BCUT2D eigenvalue weighted by Crippen LogP contribution is -2.13. The normalized spacial score (nSPS) is 10.6. The number of ether oxygens (including phenoxy) is 3. The van der Waals surface area contributed by atoms with Gasteiger partial charge in [0.05, 0.1) is 32.6 Å². The molecule has 0 atom stereocenters. The van der Waals surface area contributed by atoms with E-state index in [4.69, 9.17) is 14.2 Å². The summed E-state index contributed by atoms with van der Waals surface area (Å²) in [7, 11) is 4.55. The Morgan fingerprint density at radius 1 is 0.862 bits per heavy atom. The fourth-order valence-corrected chi connectivity index (χ4v) is 3.77. The quantitative estimate of drug-likeness (QED) is 0.616. The van der Waals surface area contributed by atoms with Crippen LogP contribution in [0, 0.1) is 20.8 Å². The predicted molar refractivity (Wildman–Crippen MR) is 116 cm³/mol. The zero-order valence-electron chi connectivity index (χ0n) is 17.4. The fourth-order valence-electron chi connectivity index (χ4n) is 3.06. The number of nitrogens with zero attached hydrogens (tertiary/aromatic N) is 1. The van der Waals surface area contributed by atoms with Crippen LogP contribution in [-0.4, -0.2) is 32.2 Å². The molecule has 0 unspecified atom stereocenters. The van der Waals surface area contributed by atoms with Gasteiger partial charge in [-0.05, 0) is 43.5 Å². The number of nitrogens with one attached hydrogen (secondary N) is 1. The second kappa shape index (κ2) is 8.53. The van der Waals surface area contributed by atoms with Crippen LogP contribution >= 0.6 is 11.3 Å². The fraction of sp³-hybridized carbons (Fsp3) is 0.273. The van der Waals surface area contributed by atoms with Crippen LogP contribution in [0.4, 0.5) is 5.13 Å². The second-order valence-corrected chi connectivity index (χ2v) is 7.51. The van der Waals surface area contributed by atoms with Crippen molar-refractivity contribution in [3.63, 3.8) is 0 Å². The molecule has 1 amide bonds. The number of amides is 1. The third-order valence-electron chi connectivity index (χ3n) is 4.79. The number of hydrogen-bond acceptors (Lipinski definition) is 6. The molecular formula is C22H24N2O4S. The maximum absolute atomic E-state index is 12.9. The number of anilines is 1. The van der Waals surface area contributed by atoms with Gasteiger partial charge in [-0.3, -0.25) is 10.1 Å². The van der Waals surface area contributed by atoms with Crippen molar-refractivity contribution in [3.05, 3.63) is 51.9 Å². The van der Waals surface area contributed by atoms with Crippen LogP contribution in [0.2, 0.25) is 0 Å². The number of hydrogen-bond donors (Lipinski definition) is 1. The molecule has 0 radical (unpaired) electrons. The smallest absolute Gasteiger partial charge is 0.261 e. The molecule has 3 aromatic rings. The molecule has 6 nitrogen and oxygen atoms in total. The van der Waals surface area contributed by atoms with E-state index in [1.165, 1.54) is 43.8 Å². The highest BCUT2D eigenvalue weighted by atomic mass is 32.1. The largest absolute Gasteiger partial charge is 0.496 e. The third-order valence-corrected chi connectivity index (χ3v) is 5.55. The topological polar surface area (TPSA) is 69.7 Å². The summed E-state index contributed by atoms with van der Waals surface area (Å²) in [5.74, 6) is 0.995. The van der Waals surface area contributed by atoms with Crippen LogP contribution in [0.15, 0.2) is 29.6 Å². The van der Waals surface area contributed by atoms with Gasteiger partial charge in [0.15, 0.2) is 16.6 Å². The molecular weight excluding hydrogens is 388 g/mol. The molecule has 1 heterocycles. The average Bonchev–Trinajstić information content (AvgIpc) is 3.17. The number of benzene rings is 2. The van der Waals surface area contributed by atoms with Gasteiger partial charge in [0.1, 0.15) is 5.75 Å². The predicted octanol–water partition coefficient (Wildman–Crippen LogP) is 5.01. The summed E-state index contributed by atoms with van der Waals surface area (Å²) in [6.07, 6.45) is 0. The number of thiazole rings is 1. The van der Waals surface area contributed by atoms with Crippen LogP contribution < -0.4 is 19.5 Å². The van der Waals surface area contributed by atoms with Gasteiger partial charge < -0.3 is 14.2 Å². The van der Waals surface area contributed by atoms with Gasteiger partial charge in [0.25, 0.3) is 5.91 Å². The molecule has 152 valence electrons. The van der Waals surface area contributed by atoms with Crippen LogP contribution in [0.1, 0.15) is 27.0 Å². The molecule has 2 aromatic carbocycles. The summed E-state index contributed by atoms with van der Waals surface area (Å²) in [5.41, 5.74) is 5.84. The van der Waals surface area contributed by atoms with Crippen molar-refractivity contribution in [3.8, 4) is 28.5 Å². The van der Waals surface area contributed by atoms with E-state index >= 15 is 0 Å². The Morgan fingerprint density at radius 3 is 2.14 bits per heavy atom. The SMILES string of the molecule is COc1cc(OC)c(C(=O)Nc2nc(-c3cc(C)c(C)cc3C)cs2)cc1OC.